The predicted octanol–water partition coefficient (Wildman–Crippen LogP) is 2.44. The molecule has 2 aromatic rings. The maximum absolute atomic E-state index is 12.3. The molecule has 1 unspecified atom stereocenters. The molecule has 27 heavy (non-hydrogen) atoms. The summed E-state index contributed by atoms with van der Waals surface area (Å²) >= 11 is 1.35. The summed E-state index contributed by atoms with van der Waals surface area (Å²) in [7, 11) is 1.67. The highest BCUT2D eigenvalue weighted by Gasteiger charge is 2.26. The first-order chi connectivity index (χ1) is 13.2. The van der Waals surface area contributed by atoms with Crippen LogP contribution in [0.15, 0.2) is 41.8 Å². The summed E-state index contributed by atoms with van der Waals surface area (Å²) in [6, 6.07) is 11.5. The van der Waals surface area contributed by atoms with Crippen molar-refractivity contribution >= 4 is 23.2 Å². The molecule has 2 heterocycles. The summed E-state index contributed by atoms with van der Waals surface area (Å²) < 4.78 is 5.52. The van der Waals surface area contributed by atoms with E-state index in [9.17, 15) is 9.59 Å². The van der Waals surface area contributed by atoms with Gasteiger partial charge in [-0.3, -0.25) is 14.5 Å². The second kappa shape index (κ2) is 9.53. The fourth-order valence-electron chi connectivity index (χ4n) is 3.36. The van der Waals surface area contributed by atoms with Crippen molar-refractivity contribution in [3.8, 4) is 5.75 Å². The fourth-order valence-corrected chi connectivity index (χ4v) is 4.00. The normalized spacial score (nSPS) is 15.3. The van der Waals surface area contributed by atoms with Crippen LogP contribution in [0.3, 0.4) is 0 Å². The minimum atomic E-state index is -0.221. The lowest BCUT2D eigenvalue weighted by Gasteiger charge is -2.29. The third kappa shape index (κ3) is 5.08. The monoisotopic (exact) mass is 387 g/mol. The average Bonchev–Trinajstić information content (AvgIpc) is 3.41. The highest BCUT2D eigenvalue weighted by Crippen LogP contribution is 2.31. The molecule has 1 fully saturated rings. The fraction of sp³-hybridized carbons (Fsp3) is 0.400. The van der Waals surface area contributed by atoms with E-state index in [1.807, 2.05) is 35.7 Å². The van der Waals surface area contributed by atoms with Crippen LogP contribution >= 0.6 is 11.3 Å². The van der Waals surface area contributed by atoms with E-state index in [0.717, 1.165) is 37.2 Å². The van der Waals surface area contributed by atoms with Gasteiger partial charge in [0.05, 0.1) is 24.6 Å². The Hall–Kier alpha value is -2.38. The zero-order valence-corrected chi connectivity index (χ0v) is 16.3. The number of nitrogens with zero attached hydrogens (tertiary/aromatic N) is 1. The Morgan fingerprint density at radius 3 is 2.63 bits per heavy atom. The van der Waals surface area contributed by atoms with Gasteiger partial charge in [-0.05, 0) is 43.4 Å². The molecule has 1 aromatic heterocycles. The average molecular weight is 388 g/mol. The van der Waals surface area contributed by atoms with E-state index in [4.69, 9.17) is 4.74 Å². The molecule has 1 aromatic carbocycles. The molecule has 1 aliphatic rings. The Balaban J connectivity index is 1.59. The smallest absolute Gasteiger partial charge is 0.261 e. The number of ether oxygens (including phenoxy) is 1. The number of hydrogen-bond acceptors (Lipinski definition) is 5. The topological polar surface area (TPSA) is 70.7 Å². The number of thiophene rings is 1. The maximum Gasteiger partial charge on any atom is 0.261 e. The molecule has 0 radical (unpaired) electrons. The third-order valence-corrected chi connectivity index (χ3v) is 5.60. The number of para-hydroxylation sites is 1. The summed E-state index contributed by atoms with van der Waals surface area (Å²) in [5, 5.41) is 7.46. The van der Waals surface area contributed by atoms with Gasteiger partial charge >= 0.3 is 0 Å². The Morgan fingerprint density at radius 2 is 1.93 bits per heavy atom. The highest BCUT2D eigenvalue weighted by molar-refractivity contribution is 7.12. The Morgan fingerprint density at radius 1 is 1.15 bits per heavy atom. The van der Waals surface area contributed by atoms with E-state index in [-0.39, 0.29) is 24.4 Å². The van der Waals surface area contributed by atoms with Gasteiger partial charge in [-0.25, -0.2) is 0 Å². The number of methoxy groups -OCH3 is 1. The van der Waals surface area contributed by atoms with Gasteiger partial charge in [0.1, 0.15) is 5.75 Å². The number of rotatable bonds is 8. The SMILES string of the molecule is COc1ccccc1C(CNC(=O)CNC(=O)c1cccs1)N1CCCC1. The largest absolute Gasteiger partial charge is 0.496 e. The summed E-state index contributed by atoms with van der Waals surface area (Å²) in [6.45, 7) is 2.46. The van der Waals surface area contributed by atoms with Gasteiger partial charge in [-0.2, -0.15) is 0 Å². The van der Waals surface area contributed by atoms with Crippen LogP contribution in [0.1, 0.15) is 34.1 Å². The Kier molecular flexibility index (Phi) is 6.84. The van der Waals surface area contributed by atoms with E-state index in [1.54, 1.807) is 13.2 Å². The molecule has 0 saturated carbocycles. The summed E-state index contributed by atoms with van der Waals surface area (Å²) in [5.74, 6) is 0.412. The van der Waals surface area contributed by atoms with Crippen LogP contribution in [0, 0.1) is 0 Å². The molecule has 7 heteroatoms. The first-order valence-electron chi connectivity index (χ1n) is 9.14. The quantitative estimate of drug-likeness (QED) is 0.730. The lowest BCUT2D eigenvalue weighted by atomic mass is 10.0. The summed E-state index contributed by atoms with van der Waals surface area (Å²) in [6.07, 6.45) is 2.33. The van der Waals surface area contributed by atoms with E-state index in [0.29, 0.717) is 11.4 Å². The molecule has 144 valence electrons. The third-order valence-electron chi connectivity index (χ3n) is 4.73. The van der Waals surface area contributed by atoms with Crippen molar-refractivity contribution < 1.29 is 14.3 Å². The van der Waals surface area contributed by atoms with Gasteiger partial charge in [0.25, 0.3) is 5.91 Å². The zero-order valence-electron chi connectivity index (χ0n) is 15.4. The van der Waals surface area contributed by atoms with Gasteiger partial charge < -0.3 is 15.4 Å². The Labute approximate surface area is 163 Å². The van der Waals surface area contributed by atoms with E-state index < -0.39 is 0 Å². The zero-order chi connectivity index (χ0) is 19.1. The molecule has 3 rings (SSSR count). The number of hydrogen-bond donors (Lipinski definition) is 2. The summed E-state index contributed by atoms with van der Waals surface area (Å²) in [5.41, 5.74) is 1.07. The van der Waals surface area contributed by atoms with E-state index in [1.165, 1.54) is 11.3 Å². The van der Waals surface area contributed by atoms with Crippen molar-refractivity contribution in [2.75, 3.05) is 33.3 Å². The first kappa shape index (κ1) is 19.4. The second-order valence-corrected chi connectivity index (χ2v) is 7.41. The van der Waals surface area contributed by atoms with Crippen LogP contribution in [-0.2, 0) is 4.79 Å². The van der Waals surface area contributed by atoms with Crippen molar-refractivity contribution in [1.29, 1.82) is 0 Å². The number of carbonyl (C=O) groups excluding carboxylic acids is 2. The van der Waals surface area contributed by atoms with Crippen LogP contribution in [0.5, 0.6) is 5.75 Å². The molecule has 2 N–H and O–H groups in total. The molecule has 0 bridgehead atoms. The number of amides is 2. The first-order valence-corrected chi connectivity index (χ1v) is 10.0. The minimum Gasteiger partial charge on any atom is -0.496 e. The van der Waals surface area contributed by atoms with Crippen LogP contribution in [-0.4, -0.2) is 50.0 Å². The number of likely N-dealkylation sites (tertiary alicyclic amines) is 1. The standard InChI is InChI=1S/C20H25N3O3S/c1-26-17-8-3-2-7-15(17)16(23-10-4-5-11-23)13-21-19(24)14-22-20(25)18-9-6-12-27-18/h2-3,6-9,12,16H,4-5,10-11,13-14H2,1H3,(H,21,24)(H,22,25). The molecule has 1 aliphatic heterocycles. The van der Waals surface area contributed by atoms with Crippen molar-refractivity contribution in [2.24, 2.45) is 0 Å². The van der Waals surface area contributed by atoms with Crippen LogP contribution in [0.4, 0.5) is 0 Å². The van der Waals surface area contributed by atoms with E-state index >= 15 is 0 Å². The minimum absolute atomic E-state index is 0.0324. The predicted molar refractivity (Wildman–Crippen MR) is 106 cm³/mol. The molecule has 0 spiro atoms. The van der Waals surface area contributed by atoms with Crippen molar-refractivity contribution in [2.45, 2.75) is 18.9 Å². The van der Waals surface area contributed by atoms with Crippen molar-refractivity contribution in [1.82, 2.24) is 15.5 Å². The molecule has 2 amide bonds. The molecule has 0 aliphatic carbocycles. The van der Waals surface area contributed by atoms with Gasteiger partial charge in [0.15, 0.2) is 0 Å². The van der Waals surface area contributed by atoms with Crippen LogP contribution in [0.2, 0.25) is 0 Å². The maximum atomic E-state index is 12.3. The second-order valence-electron chi connectivity index (χ2n) is 6.46. The van der Waals surface area contributed by atoms with Gasteiger partial charge in [0, 0.05) is 12.1 Å². The Bertz CT molecular complexity index is 758. The lowest BCUT2D eigenvalue weighted by Crippen LogP contribution is -2.41. The lowest BCUT2D eigenvalue weighted by molar-refractivity contribution is -0.120. The van der Waals surface area contributed by atoms with Gasteiger partial charge in [0.2, 0.25) is 5.91 Å². The molecule has 6 nitrogen and oxygen atoms in total. The highest BCUT2D eigenvalue weighted by atomic mass is 32.1. The van der Waals surface area contributed by atoms with Gasteiger partial charge in [-0.15, -0.1) is 11.3 Å². The molecule has 1 saturated heterocycles. The number of nitrogens with one attached hydrogen (secondary N) is 2. The van der Waals surface area contributed by atoms with Crippen LogP contribution in [0.25, 0.3) is 0 Å². The van der Waals surface area contributed by atoms with E-state index in [2.05, 4.69) is 15.5 Å². The van der Waals surface area contributed by atoms with Crippen molar-refractivity contribution in [3.63, 3.8) is 0 Å². The number of benzene rings is 1. The molecular formula is C20H25N3O3S. The van der Waals surface area contributed by atoms with Gasteiger partial charge in [-0.1, -0.05) is 24.3 Å². The summed E-state index contributed by atoms with van der Waals surface area (Å²) in [4.78, 5) is 27.2. The molecular weight excluding hydrogens is 362 g/mol. The van der Waals surface area contributed by atoms with Crippen molar-refractivity contribution in [3.05, 3.63) is 52.2 Å². The number of carbonyl (C=O) groups is 2. The van der Waals surface area contributed by atoms with Crippen LogP contribution < -0.4 is 15.4 Å². The molecule has 1 atom stereocenters.